The van der Waals surface area contributed by atoms with Crippen LogP contribution in [0.4, 0.5) is 0 Å². The summed E-state index contributed by atoms with van der Waals surface area (Å²) in [7, 11) is 0. The zero-order valence-electron chi connectivity index (χ0n) is 16.7. The molecule has 1 aliphatic rings. The Morgan fingerprint density at radius 2 is 1.33 bits per heavy atom. The summed E-state index contributed by atoms with van der Waals surface area (Å²) in [4.78, 5) is 0. The van der Waals surface area contributed by atoms with Crippen molar-refractivity contribution in [3.05, 3.63) is 0 Å². The van der Waals surface area contributed by atoms with Crippen LogP contribution in [0.15, 0.2) is 10.2 Å². The summed E-state index contributed by atoms with van der Waals surface area (Å²) >= 11 is 0. The van der Waals surface area contributed by atoms with Gasteiger partial charge in [-0.2, -0.15) is 10.2 Å². The van der Waals surface area contributed by atoms with E-state index in [9.17, 15) is 0 Å². The van der Waals surface area contributed by atoms with E-state index in [2.05, 4.69) is 17.2 Å². The van der Waals surface area contributed by atoms with Crippen LogP contribution in [0.3, 0.4) is 0 Å². The molecular weight excluding hydrogens is 296 g/mol. The zero-order chi connectivity index (χ0) is 17.5. The van der Waals surface area contributed by atoms with E-state index in [1.54, 1.807) is 0 Å². The third-order valence-electron chi connectivity index (χ3n) is 4.99. The Labute approximate surface area is 151 Å². The van der Waals surface area contributed by atoms with Crippen LogP contribution in [0.2, 0.25) is 0 Å². The number of ether oxygens (including phenoxy) is 1. The second-order valence-electron chi connectivity index (χ2n) is 7.98. The molecule has 1 fully saturated rings. The van der Waals surface area contributed by atoms with Crippen LogP contribution in [0.25, 0.3) is 0 Å². The molecule has 0 heterocycles. The fourth-order valence-corrected chi connectivity index (χ4v) is 3.36. The molecule has 0 aliphatic heterocycles. The van der Waals surface area contributed by atoms with E-state index in [1.165, 1.54) is 89.9 Å². The first-order chi connectivity index (χ1) is 11.6. The molecule has 3 heteroatoms. The Kier molecular flexibility index (Phi) is 12.4. The van der Waals surface area contributed by atoms with Crippen molar-refractivity contribution >= 4 is 0 Å². The van der Waals surface area contributed by atoms with Crippen LogP contribution >= 0.6 is 0 Å². The second-order valence-corrected chi connectivity index (χ2v) is 7.98. The number of hydrogen-bond acceptors (Lipinski definition) is 3. The molecule has 1 aliphatic carbocycles. The molecule has 0 aromatic carbocycles. The number of nitrogens with zero attached hydrogens (tertiary/aromatic N) is 2. The van der Waals surface area contributed by atoms with E-state index in [1.807, 2.05) is 13.8 Å². The summed E-state index contributed by atoms with van der Waals surface area (Å²) in [5.41, 5.74) is -0.448. The highest BCUT2D eigenvalue weighted by Gasteiger charge is 2.18. The third-order valence-corrected chi connectivity index (χ3v) is 4.99. The molecule has 0 aromatic heterocycles. The molecule has 0 amide bonds. The second kappa shape index (κ2) is 13.8. The molecule has 0 radical (unpaired) electrons. The standard InChI is InChI=1S/C21H42N2O/c1-4-5-6-7-8-9-10-11-12-16-19-24-21(2,3)23-22-20-17-14-13-15-18-20/h20H,4-19H2,1-3H3/b23-22+. The smallest absolute Gasteiger partial charge is 0.173 e. The molecule has 0 atom stereocenters. The monoisotopic (exact) mass is 338 g/mol. The van der Waals surface area contributed by atoms with Crippen molar-refractivity contribution in [2.45, 2.75) is 129 Å². The molecule has 0 bridgehead atoms. The number of unbranched alkanes of at least 4 members (excludes halogenated alkanes) is 9. The maximum absolute atomic E-state index is 5.93. The van der Waals surface area contributed by atoms with Gasteiger partial charge in [-0.3, -0.25) is 0 Å². The van der Waals surface area contributed by atoms with Gasteiger partial charge in [0, 0.05) is 6.61 Å². The van der Waals surface area contributed by atoms with Crippen molar-refractivity contribution in [1.82, 2.24) is 0 Å². The minimum absolute atomic E-state index is 0.443. The Hall–Kier alpha value is -0.440. The largest absolute Gasteiger partial charge is 0.353 e. The molecule has 142 valence electrons. The first kappa shape index (κ1) is 21.6. The summed E-state index contributed by atoms with van der Waals surface area (Å²) in [6.45, 7) is 7.17. The predicted octanol–water partition coefficient (Wildman–Crippen LogP) is 7.44. The molecule has 0 unspecified atom stereocenters. The molecule has 0 saturated heterocycles. The van der Waals surface area contributed by atoms with E-state index < -0.39 is 5.72 Å². The molecule has 3 nitrogen and oxygen atoms in total. The Morgan fingerprint density at radius 1 is 0.792 bits per heavy atom. The van der Waals surface area contributed by atoms with Gasteiger partial charge in [0.25, 0.3) is 0 Å². The fourth-order valence-electron chi connectivity index (χ4n) is 3.36. The maximum atomic E-state index is 5.93. The van der Waals surface area contributed by atoms with Gasteiger partial charge in [0.1, 0.15) is 0 Å². The van der Waals surface area contributed by atoms with Crippen LogP contribution in [-0.2, 0) is 4.74 Å². The Morgan fingerprint density at radius 3 is 1.92 bits per heavy atom. The molecule has 24 heavy (non-hydrogen) atoms. The van der Waals surface area contributed by atoms with Gasteiger partial charge >= 0.3 is 0 Å². The van der Waals surface area contributed by atoms with Crippen LogP contribution in [0.5, 0.6) is 0 Å². The number of azo groups is 1. The van der Waals surface area contributed by atoms with Gasteiger partial charge in [0.2, 0.25) is 0 Å². The van der Waals surface area contributed by atoms with E-state index >= 15 is 0 Å². The van der Waals surface area contributed by atoms with Crippen molar-refractivity contribution in [3.8, 4) is 0 Å². The SMILES string of the molecule is CCCCCCCCCCCCOC(C)(C)/N=N/C1CCCCC1. The van der Waals surface area contributed by atoms with Crippen LogP contribution in [-0.4, -0.2) is 18.4 Å². The highest BCUT2D eigenvalue weighted by Crippen LogP contribution is 2.22. The van der Waals surface area contributed by atoms with Crippen LogP contribution in [0.1, 0.15) is 117 Å². The van der Waals surface area contributed by atoms with Crippen molar-refractivity contribution < 1.29 is 4.74 Å². The van der Waals surface area contributed by atoms with Crippen molar-refractivity contribution in [2.75, 3.05) is 6.61 Å². The van der Waals surface area contributed by atoms with E-state index in [-0.39, 0.29) is 0 Å². The topological polar surface area (TPSA) is 34.0 Å². The lowest BCUT2D eigenvalue weighted by atomic mass is 9.96. The van der Waals surface area contributed by atoms with E-state index in [0.717, 1.165) is 13.0 Å². The molecule has 0 N–H and O–H groups in total. The lowest BCUT2D eigenvalue weighted by molar-refractivity contribution is -0.0190. The van der Waals surface area contributed by atoms with E-state index in [0.29, 0.717) is 6.04 Å². The van der Waals surface area contributed by atoms with Gasteiger partial charge in [0.05, 0.1) is 6.04 Å². The molecule has 0 spiro atoms. The summed E-state index contributed by atoms with van der Waals surface area (Å²) in [5, 5.41) is 8.99. The lowest BCUT2D eigenvalue weighted by Crippen LogP contribution is -2.22. The normalized spacial score (nSPS) is 17.0. The quantitative estimate of drug-likeness (QED) is 0.239. The average Bonchev–Trinajstić information content (AvgIpc) is 2.59. The number of rotatable bonds is 14. The van der Waals surface area contributed by atoms with Gasteiger partial charge in [0.15, 0.2) is 5.72 Å². The van der Waals surface area contributed by atoms with Gasteiger partial charge < -0.3 is 4.74 Å². The lowest BCUT2D eigenvalue weighted by Gasteiger charge is -2.22. The zero-order valence-corrected chi connectivity index (χ0v) is 16.7. The third kappa shape index (κ3) is 12.0. The molecule has 1 saturated carbocycles. The Balaban J connectivity index is 1.94. The van der Waals surface area contributed by atoms with Gasteiger partial charge in [-0.15, -0.1) is 0 Å². The first-order valence-electron chi connectivity index (χ1n) is 10.7. The summed E-state index contributed by atoms with van der Waals surface area (Å²) in [6, 6.07) is 0.443. The average molecular weight is 339 g/mol. The van der Waals surface area contributed by atoms with Gasteiger partial charge in [-0.1, -0.05) is 84.0 Å². The summed E-state index contributed by atoms with van der Waals surface area (Å²) in [6.07, 6.45) is 20.0. The van der Waals surface area contributed by atoms with Gasteiger partial charge in [-0.05, 0) is 33.1 Å². The van der Waals surface area contributed by atoms with E-state index in [4.69, 9.17) is 4.74 Å². The van der Waals surface area contributed by atoms with Crippen molar-refractivity contribution in [1.29, 1.82) is 0 Å². The molecule has 1 rings (SSSR count). The maximum Gasteiger partial charge on any atom is 0.173 e. The van der Waals surface area contributed by atoms with Crippen LogP contribution < -0.4 is 0 Å². The van der Waals surface area contributed by atoms with Crippen molar-refractivity contribution in [3.63, 3.8) is 0 Å². The number of hydrogen-bond donors (Lipinski definition) is 0. The predicted molar refractivity (Wildman–Crippen MR) is 104 cm³/mol. The van der Waals surface area contributed by atoms with Crippen molar-refractivity contribution in [2.24, 2.45) is 10.2 Å². The first-order valence-corrected chi connectivity index (χ1v) is 10.7. The van der Waals surface area contributed by atoms with Crippen LogP contribution in [0, 0.1) is 0 Å². The highest BCUT2D eigenvalue weighted by atomic mass is 16.5. The molecule has 0 aromatic rings. The summed E-state index contributed by atoms with van der Waals surface area (Å²) < 4.78 is 5.93. The molecular formula is C21H42N2O. The minimum atomic E-state index is -0.448. The highest BCUT2D eigenvalue weighted by molar-refractivity contribution is 4.72. The fraction of sp³-hybridized carbons (Fsp3) is 1.00. The Bertz CT molecular complexity index is 309. The van der Waals surface area contributed by atoms with Gasteiger partial charge in [-0.25, -0.2) is 0 Å². The minimum Gasteiger partial charge on any atom is -0.353 e. The summed E-state index contributed by atoms with van der Waals surface area (Å²) in [5.74, 6) is 0.